The summed E-state index contributed by atoms with van der Waals surface area (Å²) in [7, 11) is -8.84. The van der Waals surface area contributed by atoms with Gasteiger partial charge in [0.15, 0.2) is 0 Å². The number of aliphatic hydroxyl groups excluding tert-OH is 1. The number of aliphatic hydroxyl groups is 1. The molecule has 0 aliphatic heterocycles. The lowest BCUT2D eigenvalue weighted by Gasteiger charge is -2.30. The highest BCUT2D eigenvalue weighted by Gasteiger charge is 2.39. The van der Waals surface area contributed by atoms with Crippen LogP contribution in [0.15, 0.2) is 0 Å². The molecule has 25 heavy (non-hydrogen) atoms. The number of carbonyl (C=O) groups excluding carboxylic acids is 1. The van der Waals surface area contributed by atoms with E-state index in [2.05, 4.69) is 18.7 Å². The van der Waals surface area contributed by atoms with Crippen LogP contribution in [0, 0.1) is 10.8 Å². The first-order chi connectivity index (χ1) is 11.0. The molecule has 0 fully saturated rings. The Balaban J connectivity index is 4.66. The summed E-state index contributed by atoms with van der Waals surface area (Å²) >= 11 is 0. The van der Waals surface area contributed by atoms with E-state index in [1.807, 2.05) is 20.8 Å². The summed E-state index contributed by atoms with van der Waals surface area (Å²) in [5.41, 5.74) is -1.25. The number of carbonyl (C=O) groups is 1. The molecule has 0 aliphatic carbocycles. The number of hydrogen-bond acceptors (Lipinski definition) is 7. The number of rotatable bonds is 10. The zero-order chi connectivity index (χ0) is 20.1. The molecule has 0 spiro atoms. The molecule has 0 aromatic rings. The average Bonchev–Trinajstić information content (AvgIpc) is 2.42. The zero-order valence-corrected chi connectivity index (χ0v) is 17.2. The Morgan fingerprint density at radius 1 is 1.12 bits per heavy atom. The van der Waals surface area contributed by atoms with Crippen LogP contribution in [-0.2, 0) is 27.3 Å². The van der Waals surface area contributed by atoms with Gasteiger partial charge >= 0.3 is 15.6 Å². The van der Waals surface area contributed by atoms with Crippen LogP contribution in [-0.4, -0.2) is 47.2 Å². The molecule has 0 heterocycles. The maximum Gasteiger partial charge on any atom is 0.481 e. The zero-order valence-electron chi connectivity index (χ0n) is 15.4. The molecule has 0 aromatic carbocycles. The van der Waals surface area contributed by atoms with Crippen LogP contribution in [0.1, 0.15) is 41.0 Å². The third-order valence-corrected chi connectivity index (χ3v) is 5.77. The molecule has 3 atom stereocenters. The quantitative estimate of drug-likeness (QED) is 0.399. The molecule has 0 saturated carbocycles. The van der Waals surface area contributed by atoms with Crippen molar-refractivity contribution in [2.75, 3.05) is 20.3 Å². The Labute approximate surface area is 148 Å². The molecule has 0 aliphatic rings. The summed E-state index contributed by atoms with van der Waals surface area (Å²) in [5.74, 6) is -0.656. The maximum atomic E-state index is 12.0. The highest BCUT2D eigenvalue weighted by molar-refractivity contribution is 7.61. The van der Waals surface area contributed by atoms with Crippen molar-refractivity contribution in [3.63, 3.8) is 0 Å². The van der Waals surface area contributed by atoms with E-state index in [4.69, 9.17) is 4.89 Å². The summed E-state index contributed by atoms with van der Waals surface area (Å²) < 4.78 is 35.4. The van der Waals surface area contributed by atoms with Crippen molar-refractivity contribution in [1.29, 1.82) is 0 Å². The van der Waals surface area contributed by atoms with Gasteiger partial charge in [0.25, 0.3) is 0 Å². The van der Waals surface area contributed by atoms with Crippen LogP contribution in [0.25, 0.3) is 0 Å². The van der Waals surface area contributed by atoms with Crippen molar-refractivity contribution < 1.29 is 42.2 Å². The summed E-state index contributed by atoms with van der Waals surface area (Å²) in [6, 6.07) is 0. The van der Waals surface area contributed by atoms with Crippen LogP contribution >= 0.6 is 15.6 Å². The van der Waals surface area contributed by atoms with Crippen molar-refractivity contribution in [2.24, 2.45) is 10.8 Å². The molecule has 0 saturated heterocycles. The summed E-state index contributed by atoms with van der Waals surface area (Å²) in [4.78, 5) is 30.4. The van der Waals surface area contributed by atoms with Gasteiger partial charge in [-0.1, -0.05) is 34.6 Å². The Kier molecular flexibility index (Phi) is 8.95. The van der Waals surface area contributed by atoms with Gasteiger partial charge in [0.05, 0.1) is 6.61 Å². The largest absolute Gasteiger partial charge is 0.481 e. The molecule has 150 valence electrons. The Hall–Kier alpha value is -0.310. The van der Waals surface area contributed by atoms with Crippen LogP contribution in [0.3, 0.4) is 0 Å². The van der Waals surface area contributed by atoms with E-state index in [1.165, 1.54) is 13.8 Å². The average molecular weight is 405 g/mol. The first kappa shape index (κ1) is 24.7. The fourth-order valence-electron chi connectivity index (χ4n) is 1.53. The molecule has 0 aromatic heterocycles. The minimum absolute atomic E-state index is 0.0112. The fraction of sp³-hybridized carbons (Fsp3) is 0.923. The predicted octanol–water partition coefficient (Wildman–Crippen LogP) is 1.81. The molecular formula is C13H29NO9P2. The van der Waals surface area contributed by atoms with Gasteiger partial charge in [-0.05, 0) is 11.8 Å². The molecule has 0 rings (SSSR count). The Morgan fingerprint density at radius 3 is 2.08 bits per heavy atom. The standard InChI is InChI=1S/C13H29NO9P2/c1-12(2,3)7-8-14-11(16)10(15)13(4,5)9-22-25(19,20)23-24(17,18)21-6/h10,15H,7-9H2,1-6H3,(H,14,16)(H,17,18)(H,19,20). The summed E-state index contributed by atoms with van der Waals surface area (Å²) in [6.45, 7) is 8.65. The second-order valence-corrected chi connectivity index (χ2v) is 10.6. The van der Waals surface area contributed by atoms with E-state index >= 15 is 0 Å². The van der Waals surface area contributed by atoms with E-state index in [0.717, 1.165) is 7.11 Å². The highest BCUT2D eigenvalue weighted by Crippen LogP contribution is 2.60. The molecule has 12 heteroatoms. The number of nitrogens with one attached hydrogen (secondary N) is 1. The van der Waals surface area contributed by atoms with E-state index in [0.29, 0.717) is 13.0 Å². The van der Waals surface area contributed by atoms with Crippen molar-refractivity contribution >= 4 is 21.6 Å². The minimum Gasteiger partial charge on any atom is -0.383 e. The first-order valence-corrected chi connectivity index (χ1v) is 10.5. The van der Waals surface area contributed by atoms with Gasteiger partial charge < -0.3 is 20.2 Å². The van der Waals surface area contributed by atoms with Gasteiger partial charge in [0, 0.05) is 19.1 Å². The smallest absolute Gasteiger partial charge is 0.383 e. The Morgan fingerprint density at radius 2 is 1.64 bits per heavy atom. The number of phosphoric ester groups is 2. The van der Waals surface area contributed by atoms with Gasteiger partial charge in [0.2, 0.25) is 5.91 Å². The molecule has 3 unspecified atom stereocenters. The van der Waals surface area contributed by atoms with E-state index < -0.39 is 39.7 Å². The number of hydrogen-bond donors (Lipinski definition) is 4. The molecular weight excluding hydrogens is 376 g/mol. The second kappa shape index (κ2) is 9.06. The predicted molar refractivity (Wildman–Crippen MR) is 90.6 cm³/mol. The lowest BCUT2D eigenvalue weighted by molar-refractivity contribution is -0.137. The van der Waals surface area contributed by atoms with Crippen molar-refractivity contribution in [3.8, 4) is 0 Å². The lowest BCUT2D eigenvalue weighted by atomic mass is 9.87. The van der Waals surface area contributed by atoms with Gasteiger partial charge in [-0.2, -0.15) is 4.31 Å². The van der Waals surface area contributed by atoms with Gasteiger partial charge in [0.1, 0.15) is 6.10 Å². The highest BCUT2D eigenvalue weighted by atomic mass is 31.3. The lowest BCUT2D eigenvalue weighted by Crippen LogP contribution is -2.46. The van der Waals surface area contributed by atoms with Crippen molar-refractivity contribution in [3.05, 3.63) is 0 Å². The molecule has 0 bridgehead atoms. The Bertz CT molecular complexity index is 544. The molecule has 10 nitrogen and oxygen atoms in total. The molecule has 1 amide bonds. The van der Waals surface area contributed by atoms with Crippen LogP contribution in [0.5, 0.6) is 0 Å². The SMILES string of the molecule is COP(=O)(O)OP(=O)(O)OCC(C)(C)C(O)C(=O)NCCC(C)(C)C. The minimum atomic E-state index is -4.92. The van der Waals surface area contributed by atoms with E-state index in [1.54, 1.807) is 0 Å². The first-order valence-electron chi connectivity index (χ1n) is 7.54. The summed E-state index contributed by atoms with van der Waals surface area (Å²) in [6.07, 6.45) is -0.832. The number of phosphoric acid groups is 2. The van der Waals surface area contributed by atoms with Gasteiger partial charge in [-0.25, -0.2) is 9.13 Å². The topological polar surface area (TPSA) is 152 Å². The normalized spacial score (nSPS) is 18.9. The van der Waals surface area contributed by atoms with Crippen molar-refractivity contribution in [1.82, 2.24) is 5.32 Å². The third kappa shape index (κ3) is 10.4. The molecule has 0 radical (unpaired) electrons. The van der Waals surface area contributed by atoms with Crippen molar-refractivity contribution in [2.45, 2.75) is 47.1 Å². The third-order valence-electron chi connectivity index (χ3n) is 3.20. The fourth-order valence-corrected chi connectivity index (χ4v) is 3.52. The van der Waals surface area contributed by atoms with E-state index in [9.17, 15) is 23.9 Å². The van der Waals surface area contributed by atoms with Crippen LogP contribution < -0.4 is 5.32 Å². The maximum absolute atomic E-state index is 12.0. The van der Waals surface area contributed by atoms with Gasteiger partial charge in [-0.3, -0.25) is 13.8 Å². The van der Waals surface area contributed by atoms with E-state index in [-0.39, 0.29) is 5.41 Å². The van der Waals surface area contributed by atoms with Crippen LogP contribution in [0.2, 0.25) is 0 Å². The second-order valence-electron chi connectivity index (χ2n) is 7.47. The molecule has 4 N–H and O–H groups in total. The van der Waals surface area contributed by atoms with Gasteiger partial charge in [-0.15, -0.1) is 0 Å². The number of amides is 1. The van der Waals surface area contributed by atoms with Crippen LogP contribution in [0.4, 0.5) is 0 Å². The monoisotopic (exact) mass is 405 g/mol. The summed E-state index contributed by atoms with van der Waals surface area (Å²) in [5, 5.41) is 12.7.